The number of hydrogen-bond acceptors (Lipinski definition) is 6. The van der Waals surface area contributed by atoms with Crippen LogP contribution in [0.25, 0.3) is 0 Å². The van der Waals surface area contributed by atoms with Crippen molar-refractivity contribution in [3.8, 4) is 5.75 Å². The minimum atomic E-state index is -0.178. The molecule has 2 fully saturated rings. The van der Waals surface area contributed by atoms with Gasteiger partial charge in [-0.15, -0.1) is 10.2 Å². The number of nitrogens with one attached hydrogen (secondary N) is 1. The molecule has 2 aliphatic heterocycles. The van der Waals surface area contributed by atoms with Crippen LogP contribution in [0, 0.1) is 0 Å². The molecule has 1 aromatic carbocycles. The third-order valence-corrected chi connectivity index (χ3v) is 5.65. The van der Waals surface area contributed by atoms with E-state index in [0.717, 1.165) is 50.3 Å². The van der Waals surface area contributed by atoms with Crippen LogP contribution in [0.2, 0.25) is 5.02 Å². The van der Waals surface area contributed by atoms with Gasteiger partial charge in [0, 0.05) is 45.2 Å². The van der Waals surface area contributed by atoms with Crippen LogP contribution in [0.3, 0.4) is 0 Å². The van der Waals surface area contributed by atoms with Gasteiger partial charge in [0.15, 0.2) is 11.5 Å². The fourth-order valence-corrected chi connectivity index (χ4v) is 3.82. The molecule has 7 nitrogen and oxygen atoms in total. The van der Waals surface area contributed by atoms with E-state index in [0.29, 0.717) is 23.9 Å². The number of aromatic nitrogens is 2. The first-order valence-corrected chi connectivity index (χ1v) is 10.5. The molecule has 0 spiro atoms. The van der Waals surface area contributed by atoms with Crippen molar-refractivity contribution in [2.45, 2.75) is 37.8 Å². The van der Waals surface area contributed by atoms with Gasteiger partial charge in [0.05, 0.1) is 5.02 Å². The Labute approximate surface area is 175 Å². The number of para-hydroxylation sites is 1. The summed E-state index contributed by atoms with van der Waals surface area (Å²) in [6.07, 6.45) is 3.55. The lowest BCUT2D eigenvalue weighted by Gasteiger charge is -2.32. The average molecular weight is 417 g/mol. The molecule has 8 heteroatoms. The van der Waals surface area contributed by atoms with Gasteiger partial charge in [-0.1, -0.05) is 23.7 Å². The van der Waals surface area contributed by atoms with Crippen molar-refractivity contribution in [2.24, 2.45) is 0 Å². The van der Waals surface area contributed by atoms with Gasteiger partial charge in [-0.2, -0.15) is 0 Å². The maximum Gasteiger partial charge on any atom is 0.272 e. The fraction of sp³-hybridized carbons (Fsp3) is 0.476. The van der Waals surface area contributed by atoms with E-state index >= 15 is 0 Å². The normalized spacial score (nSPS) is 18.4. The van der Waals surface area contributed by atoms with Gasteiger partial charge in [0.25, 0.3) is 5.91 Å². The highest BCUT2D eigenvalue weighted by molar-refractivity contribution is 6.32. The van der Waals surface area contributed by atoms with Crippen LogP contribution in [-0.2, 0) is 4.74 Å². The Kier molecular flexibility index (Phi) is 6.46. The molecule has 4 rings (SSSR count). The summed E-state index contributed by atoms with van der Waals surface area (Å²) >= 11 is 6.18. The molecule has 1 amide bonds. The largest absolute Gasteiger partial charge is 0.489 e. The van der Waals surface area contributed by atoms with Crippen LogP contribution >= 0.6 is 11.6 Å². The Morgan fingerprint density at radius 2 is 1.83 bits per heavy atom. The third kappa shape index (κ3) is 5.16. The highest BCUT2D eigenvalue weighted by Gasteiger charge is 2.23. The number of piperidine rings is 1. The number of carbonyl (C=O) groups excluding carboxylic acids is 1. The van der Waals surface area contributed by atoms with E-state index in [2.05, 4.69) is 20.4 Å². The summed E-state index contributed by atoms with van der Waals surface area (Å²) in [5.74, 6) is 1.33. The SMILES string of the molecule is O=C(NC1CCOCC1)c1ccc(N2CCC(Oc3ccccc3Cl)CC2)nn1. The van der Waals surface area contributed by atoms with Crippen LogP contribution in [-0.4, -0.2) is 54.6 Å². The second kappa shape index (κ2) is 9.41. The number of ether oxygens (including phenoxy) is 2. The quantitative estimate of drug-likeness (QED) is 0.807. The monoisotopic (exact) mass is 416 g/mol. The number of benzene rings is 1. The van der Waals surface area contributed by atoms with Crippen LogP contribution < -0.4 is 15.0 Å². The topological polar surface area (TPSA) is 76.6 Å². The van der Waals surface area contributed by atoms with Gasteiger partial charge in [0.1, 0.15) is 11.9 Å². The highest BCUT2D eigenvalue weighted by Crippen LogP contribution is 2.27. The number of anilines is 1. The number of amides is 1. The molecule has 2 aromatic rings. The molecule has 3 heterocycles. The van der Waals surface area contributed by atoms with Crippen molar-refractivity contribution in [2.75, 3.05) is 31.2 Å². The summed E-state index contributed by atoms with van der Waals surface area (Å²) in [4.78, 5) is 14.5. The van der Waals surface area contributed by atoms with Gasteiger partial charge in [0.2, 0.25) is 0 Å². The summed E-state index contributed by atoms with van der Waals surface area (Å²) in [6.45, 7) is 3.01. The van der Waals surface area contributed by atoms with Crippen LogP contribution in [0.15, 0.2) is 36.4 Å². The van der Waals surface area contributed by atoms with Crippen LogP contribution in [0.1, 0.15) is 36.2 Å². The van der Waals surface area contributed by atoms with Crippen LogP contribution in [0.5, 0.6) is 5.75 Å². The first-order chi connectivity index (χ1) is 14.2. The van der Waals surface area contributed by atoms with Crippen LogP contribution in [0.4, 0.5) is 5.82 Å². The van der Waals surface area contributed by atoms with E-state index in [9.17, 15) is 4.79 Å². The Morgan fingerprint density at radius 1 is 1.07 bits per heavy atom. The van der Waals surface area contributed by atoms with Crippen molar-refractivity contribution in [1.29, 1.82) is 0 Å². The van der Waals surface area contributed by atoms with E-state index in [1.807, 2.05) is 30.3 Å². The molecule has 1 aromatic heterocycles. The van der Waals surface area contributed by atoms with Crippen molar-refractivity contribution >= 4 is 23.3 Å². The molecule has 29 heavy (non-hydrogen) atoms. The van der Waals surface area contributed by atoms with E-state index in [-0.39, 0.29) is 18.1 Å². The van der Waals surface area contributed by atoms with E-state index < -0.39 is 0 Å². The summed E-state index contributed by atoms with van der Waals surface area (Å²) in [7, 11) is 0. The van der Waals surface area contributed by atoms with Gasteiger partial charge >= 0.3 is 0 Å². The number of rotatable bonds is 5. The molecular weight excluding hydrogens is 392 g/mol. The Morgan fingerprint density at radius 3 is 2.52 bits per heavy atom. The Balaban J connectivity index is 1.28. The molecule has 0 radical (unpaired) electrons. The number of nitrogens with zero attached hydrogens (tertiary/aromatic N) is 3. The van der Waals surface area contributed by atoms with E-state index in [1.165, 1.54) is 0 Å². The summed E-state index contributed by atoms with van der Waals surface area (Å²) in [5, 5.41) is 12.0. The fourth-order valence-electron chi connectivity index (χ4n) is 3.64. The second-order valence-electron chi connectivity index (χ2n) is 7.37. The minimum Gasteiger partial charge on any atom is -0.489 e. The number of halogens is 1. The van der Waals surface area contributed by atoms with Crippen molar-refractivity contribution < 1.29 is 14.3 Å². The van der Waals surface area contributed by atoms with Crippen molar-refractivity contribution in [1.82, 2.24) is 15.5 Å². The molecule has 1 N–H and O–H groups in total. The number of carbonyl (C=O) groups is 1. The first-order valence-electron chi connectivity index (χ1n) is 10.1. The molecule has 0 saturated carbocycles. The molecule has 0 bridgehead atoms. The maximum absolute atomic E-state index is 12.3. The predicted octanol–water partition coefficient (Wildman–Crippen LogP) is 3.09. The molecule has 0 aliphatic carbocycles. The molecule has 154 valence electrons. The lowest BCUT2D eigenvalue weighted by atomic mass is 10.1. The average Bonchev–Trinajstić information content (AvgIpc) is 2.77. The zero-order chi connectivity index (χ0) is 20.1. The number of hydrogen-bond donors (Lipinski definition) is 1. The minimum absolute atomic E-state index is 0.128. The van der Waals surface area contributed by atoms with E-state index in [4.69, 9.17) is 21.1 Å². The lowest BCUT2D eigenvalue weighted by Crippen LogP contribution is -2.40. The smallest absolute Gasteiger partial charge is 0.272 e. The van der Waals surface area contributed by atoms with E-state index in [1.54, 1.807) is 6.07 Å². The predicted molar refractivity (Wildman–Crippen MR) is 111 cm³/mol. The van der Waals surface area contributed by atoms with Crippen molar-refractivity contribution in [3.63, 3.8) is 0 Å². The third-order valence-electron chi connectivity index (χ3n) is 5.34. The molecular formula is C21H25ClN4O3. The molecule has 2 saturated heterocycles. The molecule has 0 atom stereocenters. The summed E-state index contributed by atoms with van der Waals surface area (Å²) < 4.78 is 11.4. The standard InChI is InChI=1S/C21H25ClN4O3/c22-17-3-1-2-4-19(17)29-16-7-11-26(12-8-16)20-6-5-18(24-25-20)21(27)23-15-9-13-28-14-10-15/h1-6,15-16H,7-14H2,(H,23,27). The second-order valence-corrected chi connectivity index (χ2v) is 7.78. The maximum atomic E-state index is 12.3. The molecule has 2 aliphatic rings. The zero-order valence-electron chi connectivity index (χ0n) is 16.2. The van der Waals surface area contributed by atoms with Gasteiger partial charge < -0.3 is 19.7 Å². The molecule has 0 unspecified atom stereocenters. The summed E-state index contributed by atoms with van der Waals surface area (Å²) in [5.41, 5.74) is 0.345. The highest BCUT2D eigenvalue weighted by atomic mass is 35.5. The van der Waals surface area contributed by atoms with Gasteiger partial charge in [-0.3, -0.25) is 4.79 Å². The van der Waals surface area contributed by atoms with Crippen molar-refractivity contribution in [3.05, 3.63) is 47.1 Å². The van der Waals surface area contributed by atoms with Gasteiger partial charge in [-0.25, -0.2) is 0 Å². The lowest BCUT2D eigenvalue weighted by molar-refractivity contribution is 0.0693. The van der Waals surface area contributed by atoms with Gasteiger partial charge in [-0.05, 0) is 37.1 Å². The summed E-state index contributed by atoms with van der Waals surface area (Å²) in [6, 6.07) is 11.3. The zero-order valence-corrected chi connectivity index (χ0v) is 17.0. The Bertz CT molecular complexity index is 819. The Hall–Kier alpha value is -2.38. The first kappa shape index (κ1) is 19.9.